The summed E-state index contributed by atoms with van der Waals surface area (Å²) in [7, 11) is 0. The molecule has 0 bridgehead atoms. The van der Waals surface area contributed by atoms with E-state index in [9.17, 15) is 4.79 Å². The molecule has 0 amide bonds. The summed E-state index contributed by atoms with van der Waals surface area (Å²) in [6.07, 6.45) is 4.61. The molecule has 0 N–H and O–H groups in total. The van der Waals surface area contributed by atoms with Gasteiger partial charge >= 0.3 is 0 Å². The summed E-state index contributed by atoms with van der Waals surface area (Å²) >= 11 is 1.84. The van der Waals surface area contributed by atoms with Crippen molar-refractivity contribution >= 4 is 17.5 Å². The van der Waals surface area contributed by atoms with E-state index >= 15 is 0 Å². The van der Waals surface area contributed by atoms with Crippen molar-refractivity contribution in [2.45, 2.75) is 49.7 Å². The molecule has 92 valence electrons. The highest BCUT2D eigenvalue weighted by molar-refractivity contribution is 7.99. The van der Waals surface area contributed by atoms with Crippen molar-refractivity contribution in [3.63, 3.8) is 0 Å². The van der Waals surface area contributed by atoms with Crippen LogP contribution in [0.3, 0.4) is 0 Å². The molecule has 17 heavy (non-hydrogen) atoms. The average molecular weight is 248 g/mol. The first-order valence-electron chi connectivity index (χ1n) is 6.48. The standard InChI is InChI=1S/C15H20OS/c1-11(2)17-14-9-7-13(8-10-14)15(16)12-5-3-4-6-12/h7-12H,3-6H2,1-2H3. The molecule has 1 aliphatic carbocycles. The van der Waals surface area contributed by atoms with Gasteiger partial charge in [-0.05, 0) is 25.0 Å². The van der Waals surface area contributed by atoms with Gasteiger partial charge in [0, 0.05) is 21.6 Å². The Morgan fingerprint density at radius 1 is 1.18 bits per heavy atom. The van der Waals surface area contributed by atoms with Crippen molar-refractivity contribution in [2.75, 3.05) is 0 Å². The fourth-order valence-electron chi connectivity index (χ4n) is 2.39. The number of hydrogen-bond donors (Lipinski definition) is 0. The molecule has 0 spiro atoms. The molecule has 0 aliphatic heterocycles. The van der Waals surface area contributed by atoms with Gasteiger partial charge in [-0.25, -0.2) is 0 Å². The van der Waals surface area contributed by atoms with Gasteiger partial charge in [0.2, 0.25) is 0 Å². The van der Waals surface area contributed by atoms with Crippen molar-refractivity contribution in [3.8, 4) is 0 Å². The second-order valence-corrected chi connectivity index (χ2v) is 6.69. The summed E-state index contributed by atoms with van der Waals surface area (Å²) in [5.41, 5.74) is 0.894. The Morgan fingerprint density at radius 2 is 1.76 bits per heavy atom. The normalized spacial score (nSPS) is 16.6. The van der Waals surface area contributed by atoms with Crippen LogP contribution in [0.4, 0.5) is 0 Å². The molecular weight excluding hydrogens is 228 g/mol. The van der Waals surface area contributed by atoms with E-state index in [4.69, 9.17) is 0 Å². The van der Waals surface area contributed by atoms with Gasteiger partial charge < -0.3 is 0 Å². The first-order chi connectivity index (χ1) is 8.16. The molecule has 0 saturated heterocycles. The van der Waals surface area contributed by atoms with Crippen molar-refractivity contribution in [1.29, 1.82) is 0 Å². The maximum atomic E-state index is 12.2. The van der Waals surface area contributed by atoms with Crippen molar-refractivity contribution in [1.82, 2.24) is 0 Å². The number of carbonyl (C=O) groups is 1. The number of rotatable bonds is 4. The molecule has 0 aromatic heterocycles. The Labute approximate surface area is 108 Å². The van der Waals surface area contributed by atoms with Crippen LogP contribution in [-0.2, 0) is 0 Å². The number of carbonyl (C=O) groups excluding carboxylic acids is 1. The molecule has 1 nitrogen and oxygen atoms in total. The Balaban J connectivity index is 2.04. The van der Waals surface area contributed by atoms with E-state index in [1.54, 1.807) is 0 Å². The molecule has 0 radical (unpaired) electrons. The Hall–Kier alpha value is -0.760. The maximum absolute atomic E-state index is 12.2. The van der Waals surface area contributed by atoms with Gasteiger partial charge in [-0.3, -0.25) is 4.79 Å². The predicted octanol–water partition coefficient (Wildman–Crippen LogP) is 4.56. The number of Topliss-reactive ketones (excluding diaryl/α,β-unsaturated/α-hetero) is 1. The lowest BCUT2D eigenvalue weighted by Gasteiger charge is -2.09. The summed E-state index contributed by atoms with van der Waals surface area (Å²) in [6, 6.07) is 8.14. The summed E-state index contributed by atoms with van der Waals surface area (Å²) in [5, 5.41) is 0.589. The topological polar surface area (TPSA) is 17.1 Å². The van der Waals surface area contributed by atoms with Gasteiger partial charge in [-0.1, -0.05) is 38.8 Å². The van der Waals surface area contributed by atoms with Crippen LogP contribution in [0.5, 0.6) is 0 Å². The second kappa shape index (κ2) is 5.72. The SMILES string of the molecule is CC(C)Sc1ccc(C(=O)C2CCCC2)cc1. The minimum absolute atomic E-state index is 0.290. The Kier molecular flexibility index (Phi) is 4.27. The molecule has 1 fully saturated rings. The Bertz CT molecular complexity index is 374. The fourth-order valence-corrected chi connectivity index (χ4v) is 3.23. The van der Waals surface area contributed by atoms with Crippen molar-refractivity contribution in [3.05, 3.63) is 29.8 Å². The second-order valence-electron chi connectivity index (χ2n) is 5.04. The minimum Gasteiger partial charge on any atom is -0.294 e. The van der Waals surface area contributed by atoms with Crippen molar-refractivity contribution in [2.24, 2.45) is 5.92 Å². The predicted molar refractivity (Wildman–Crippen MR) is 73.7 cm³/mol. The largest absolute Gasteiger partial charge is 0.294 e. The molecule has 2 heteroatoms. The van der Waals surface area contributed by atoms with Crippen LogP contribution in [0.15, 0.2) is 29.2 Å². The van der Waals surface area contributed by atoms with Gasteiger partial charge in [-0.2, -0.15) is 0 Å². The van der Waals surface area contributed by atoms with E-state index in [-0.39, 0.29) is 0 Å². The zero-order chi connectivity index (χ0) is 12.3. The minimum atomic E-state index is 0.290. The van der Waals surface area contributed by atoms with E-state index in [2.05, 4.69) is 26.0 Å². The molecule has 1 saturated carbocycles. The molecule has 1 aromatic carbocycles. The fraction of sp³-hybridized carbons (Fsp3) is 0.533. The van der Waals surface area contributed by atoms with E-state index < -0.39 is 0 Å². The molecule has 0 heterocycles. The highest BCUT2D eigenvalue weighted by atomic mass is 32.2. The first-order valence-corrected chi connectivity index (χ1v) is 7.35. The molecule has 0 atom stereocenters. The van der Waals surface area contributed by atoms with Gasteiger partial charge in [0.1, 0.15) is 0 Å². The van der Waals surface area contributed by atoms with Crippen LogP contribution in [0.2, 0.25) is 0 Å². The van der Waals surface area contributed by atoms with Crippen molar-refractivity contribution < 1.29 is 4.79 Å². The summed E-state index contributed by atoms with van der Waals surface area (Å²) in [4.78, 5) is 13.4. The van der Waals surface area contributed by atoms with E-state index in [1.807, 2.05) is 23.9 Å². The quantitative estimate of drug-likeness (QED) is 0.574. The Morgan fingerprint density at radius 3 is 2.29 bits per heavy atom. The van der Waals surface area contributed by atoms with Crippen LogP contribution < -0.4 is 0 Å². The van der Waals surface area contributed by atoms with Crippen LogP contribution in [0.1, 0.15) is 49.9 Å². The van der Waals surface area contributed by atoms with E-state index in [1.165, 1.54) is 17.7 Å². The smallest absolute Gasteiger partial charge is 0.165 e. The van der Waals surface area contributed by atoms with Gasteiger partial charge in [-0.15, -0.1) is 11.8 Å². The highest BCUT2D eigenvalue weighted by Gasteiger charge is 2.23. The van der Waals surface area contributed by atoms with Crippen LogP contribution >= 0.6 is 11.8 Å². The van der Waals surface area contributed by atoms with E-state index in [0.717, 1.165) is 18.4 Å². The summed E-state index contributed by atoms with van der Waals surface area (Å²) in [6.45, 7) is 4.37. The lowest BCUT2D eigenvalue weighted by atomic mass is 9.96. The number of hydrogen-bond acceptors (Lipinski definition) is 2. The summed E-state index contributed by atoms with van der Waals surface area (Å²) in [5.74, 6) is 0.641. The zero-order valence-electron chi connectivity index (χ0n) is 10.6. The maximum Gasteiger partial charge on any atom is 0.165 e. The third kappa shape index (κ3) is 3.35. The molecular formula is C15H20OS. The summed E-state index contributed by atoms with van der Waals surface area (Å²) < 4.78 is 0. The molecule has 1 aliphatic rings. The number of thioether (sulfide) groups is 1. The van der Waals surface area contributed by atoms with E-state index in [0.29, 0.717) is 17.0 Å². The molecule has 2 rings (SSSR count). The van der Waals surface area contributed by atoms with Gasteiger partial charge in [0.15, 0.2) is 5.78 Å². The zero-order valence-corrected chi connectivity index (χ0v) is 11.4. The number of ketones is 1. The van der Waals surface area contributed by atoms with Gasteiger partial charge in [0.25, 0.3) is 0 Å². The molecule has 0 unspecified atom stereocenters. The third-order valence-electron chi connectivity index (χ3n) is 3.24. The lowest BCUT2D eigenvalue weighted by Crippen LogP contribution is -2.10. The lowest BCUT2D eigenvalue weighted by molar-refractivity contribution is 0.0923. The van der Waals surface area contributed by atoms with Crippen LogP contribution in [-0.4, -0.2) is 11.0 Å². The van der Waals surface area contributed by atoms with Crippen LogP contribution in [0, 0.1) is 5.92 Å². The monoisotopic (exact) mass is 248 g/mol. The third-order valence-corrected chi connectivity index (χ3v) is 4.25. The average Bonchev–Trinajstić information content (AvgIpc) is 2.82. The first kappa shape index (κ1) is 12.7. The van der Waals surface area contributed by atoms with Gasteiger partial charge in [0.05, 0.1) is 0 Å². The number of benzene rings is 1. The highest BCUT2D eigenvalue weighted by Crippen LogP contribution is 2.29. The molecule has 1 aromatic rings. The van der Waals surface area contributed by atoms with Crippen LogP contribution in [0.25, 0.3) is 0 Å².